The van der Waals surface area contributed by atoms with Gasteiger partial charge in [-0.05, 0) is 17.9 Å². The lowest BCUT2D eigenvalue weighted by Crippen LogP contribution is -2.28. The summed E-state index contributed by atoms with van der Waals surface area (Å²) in [6.45, 7) is 4.04. The van der Waals surface area contributed by atoms with Crippen LogP contribution < -0.4 is 5.73 Å². The van der Waals surface area contributed by atoms with E-state index in [2.05, 4.69) is 4.98 Å². The highest BCUT2D eigenvalue weighted by Gasteiger charge is 2.34. The molecular weight excluding hydrogens is 270 g/mol. The molecule has 21 heavy (non-hydrogen) atoms. The lowest BCUT2D eigenvalue weighted by Gasteiger charge is -2.30. The van der Waals surface area contributed by atoms with Crippen molar-refractivity contribution in [2.45, 2.75) is 26.7 Å². The molecule has 1 aromatic carbocycles. The first kappa shape index (κ1) is 13.5. The summed E-state index contributed by atoms with van der Waals surface area (Å²) in [6.07, 6.45) is 1.08. The van der Waals surface area contributed by atoms with Crippen LogP contribution in [0.25, 0.3) is 10.9 Å². The first-order valence-electron chi connectivity index (χ1n) is 6.68. The van der Waals surface area contributed by atoms with Crippen LogP contribution in [0.3, 0.4) is 0 Å². The van der Waals surface area contributed by atoms with Crippen LogP contribution in [0.1, 0.15) is 36.3 Å². The Kier molecular flexibility index (Phi) is 2.73. The molecule has 0 bridgehead atoms. The SMILES string of the molecule is CC1(C)CC(=O)c2c(nc3ccc([N+](=O)[O-])cc3c2N)C1. The summed E-state index contributed by atoms with van der Waals surface area (Å²) >= 11 is 0. The molecule has 0 saturated carbocycles. The van der Waals surface area contributed by atoms with Gasteiger partial charge in [0.1, 0.15) is 0 Å². The van der Waals surface area contributed by atoms with Gasteiger partial charge in [-0.1, -0.05) is 13.8 Å². The fraction of sp³-hybridized carbons (Fsp3) is 0.333. The number of carbonyl (C=O) groups excluding carboxylic acids is 1. The number of Topliss-reactive ketones (excluding diaryl/α,β-unsaturated/α-hetero) is 1. The summed E-state index contributed by atoms with van der Waals surface area (Å²) in [6, 6.07) is 4.36. The molecule has 1 aliphatic carbocycles. The largest absolute Gasteiger partial charge is 0.398 e. The average molecular weight is 285 g/mol. The van der Waals surface area contributed by atoms with Gasteiger partial charge in [-0.2, -0.15) is 0 Å². The molecule has 0 spiro atoms. The minimum absolute atomic E-state index is 0.0420. The molecule has 0 unspecified atom stereocenters. The number of carbonyl (C=O) groups is 1. The molecule has 1 aromatic heterocycles. The van der Waals surface area contributed by atoms with Gasteiger partial charge in [-0.15, -0.1) is 0 Å². The van der Waals surface area contributed by atoms with Crippen molar-refractivity contribution >= 4 is 28.1 Å². The predicted octanol–water partition coefficient (Wildman–Crippen LogP) is 2.88. The second-order valence-electron chi connectivity index (χ2n) is 6.25. The highest BCUT2D eigenvalue weighted by molar-refractivity contribution is 6.09. The van der Waals surface area contributed by atoms with Crippen molar-refractivity contribution in [1.29, 1.82) is 0 Å². The molecule has 0 amide bonds. The van der Waals surface area contributed by atoms with Crippen molar-refractivity contribution < 1.29 is 9.72 Å². The summed E-state index contributed by atoms with van der Waals surface area (Å²) in [7, 11) is 0. The standard InChI is InChI=1S/C15H15N3O3/c1-15(2)6-11-13(12(19)7-15)14(16)9-5-8(18(20)21)3-4-10(9)17-11/h3-5H,6-7H2,1-2H3,(H2,16,17). The zero-order valence-electron chi connectivity index (χ0n) is 11.8. The summed E-state index contributed by atoms with van der Waals surface area (Å²) in [4.78, 5) is 27.2. The van der Waals surface area contributed by atoms with Gasteiger partial charge in [-0.25, -0.2) is 0 Å². The lowest BCUT2D eigenvalue weighted by molar-refractivity contribution is -0.384. The fourth-order valence-corrected chi connectivity index (χ4v) is 2.92. The molecule has 6 heteroatoms. The quantitative estimate of drug-likeness (QED) is 0.641. The zero-order chi connectivity index (χ0) is 15.4. The van der Waals surface area contributed by atoms with Crippen molar-refractivity contribution in [3.63, 3.8) is 0 Å². The molecule has 0 radical (unpaired) electrons. The number of hydrogen-bond acceptors (Lipinski definition) is 5. The van der Waals surface area contributed by atoms with Crippen LogP contribution in [0.5, 0.6) is 0 Å². The number of nitro benzene ring substituents is 1. The van der Waals surface area contributed by atoms with Gasteiger partial charge in [0.2, 0.25) is 0 Å². The van der Waals surface area contributed by atoms with Gasteiger partial charge >= 0.3 is 0 Å². The van der Waals surface area contributed by atoms with Crippen LogP contribution in [0, 0.1) is 15.5 Å². The Morgan fingerprint density at radius 1 is 1.33 bits per heavy atom. The summed E-state index contributed by atoms with van der Waals surface area (Å²) in [5, 5.41) is 11.3. The number of rotatable bonds is 1. The molecule has 108 valence electrons. The molecule has 1 heterocycles. The third kappa shape index (κ3) is 2.12. The number of nitro groups is 1. The molecule has 0 aliphatic heterocycles. The molecule has 0 fully saturated rings. The van der Waals surface area contributed by atoms with Crippen molar-refractivity contribution in [2.75, 3.05) is 5.73 Å². The highest BCUT2D eigenvalue weighted by atomic mass is 16.6. The van der Waals surface area contributed by atoms with Crippen LogP contribution >= 0.6 is 0 Å². The number of nitrogen functional groups attached to an aromatic ring is 1. The number of non-ortho nitro benzene ring substituents is 1. The number of anilines is 1. The summed E-state index contributed by atoms with van der Waals surface area (Å²) in [5.74, 6) is -0.0420. The number of nitrogens with two attached hydrogens (primary N) is 1. The van der Waals surface area contributed by atoms with E-state index >= 15 is 0 Å². The molecule has 0 atom stereocenters. The van der Waals surface area contributed by atoms with Crippen molar-refractivity contribution in [3.8, 4) is 0 Å². The minimum atomic E-state index is -0.483. The van der Waals surface area contributed by atoms with E-state index in [4.69, 9.17) is 5.73 Å². The molecular formula is C15H15N3O3. The van der Waals surface area contributed by atoms with Gasteiger partial charge in [0.25, 0.3) is 5.69 Å². The normalized spacial score (nSPS) is 16.8. The highest BCUT2D eigenvalue weighted by Crippen LogP contribution is 2.39. The van der Waals surface area contributed by atoms with Gasteiger partial charge in [0.15, 0.2) is 5.78 Å². The summed E-state index contributed by atoms with van der Waals surface area (Å²) < 4.78 is 0. The Morgan fingerprint density at radius 2 is 2.05 bits per heavy atom. The maximum atomic E-state index is 12.3. The van der Waals surface area contributed by atoms with Crippen LogP contribution in [0.15, 0.2) is 18.2 Å². The van der Waals surface area contributed by atoms with Crippen molar-refractivity contribution in [3.05, 3.63) is 39.6 Å². The first-order chi connectivity index (χ1) is 9.78. The number of nitrogens with zero attached hydrogens (tertiary/aromatic N) is 2. The Labute approximate surface area is 121 Å². The third-order valence-corrected chi connectivity index (χ3v) is 3.86. The molecule has 1 aliphatic rings. The third-order valence-electron chi connectivity index (χ3n) is 3.86. The van der Waals surface area contributed by atoms with Crippen LogP contribution in [-0.4, -0.2) is 15.7 Å². The number of aromatic nitrogens is 1. The van der Waals surface area contributed by atoms with E-state index < -0.39 is 4.92 Å². The molecule has 3 rings (SSSR count). The zero-order valence-corrected chi connectivity index (χ0v) is 11.8. The van der Waals surface area contributed by atoms with E-state index in [9.17, 15) is 14.9 Å². The van der Waals surface area contributed by atoms with E-state index in [1.165, 1.54) is 12.1 Å². The monoisotopic (exact) mass is 285 g/mol. The number of benzene rings is 1. The van der Waals surface area contributed by atoms with Gasteiger partial charge in [-0.3, -0.25) is 19.9 Å². The predicted molar refractivity (Wildman–Crippen MR) is 79.2 cm³/mol. The topological polar surface area (TPSA) is 99.1 Å². The fourth-order valence-electron chi connectivity index (χ4n) is 2.92. The van der Waals surface area contributed by atoms with E-state index in [-0.39, 0.29) is 16.9 Å². The Bertz CT molecular complexity index is 796. The van der Waals surface area contributed by atoms with Crippen molar-refractivity contribution in [2.24, 2.45) is 5.41 Å². The first-order valence-corrected chi connectivity index (χ1v) is 6.68. The molecule has 2 aromatic rings. The summed E-state index contributed by atoms with van der Waals surface area (Å²) in [5.41, 5.74) is 7.92. The van der Waals surface area contributed by atoms with E-state index in [1.807, 2.05) is 13.8 Å². The molecule has 6 nitrogen and oxygen atoms in total. The average Bonchev–Trinajstić information content (AvgIpc) is 2.36. The number of hydrogen-bond donors (Lipinski definition) is 1. The number of fused-ring (bicyclic) bond motifs is 2. The smallest absolute Gasteiger partial charge is 0.270 e. The van der Waals surface area contributed by atoms with Crippen LogP contribution in [0.4, 0.5) is 11.4 Å². The van der Waals surface area contributed by atoms with E-state index in [1.54, 1.807) is 6.07 Å². The lowest BCUT2D eigenvalue weighted by atomic mass is 9.75. The Morgan fingerprint density at radius 3 is 2.71 bits per heavy atom. The maximum absolute atomic E-state index is 12.3. The Hall–Kier alpha value is -2.50. The Balaban J connectivity index is 2.30. The molecule has 0 saturated heterocycles. The van der Waals surface area contributed by atoms with Gasteiger partial charge < -0.3 is 5.73 Å². The van der Waals surface area contributed by atoms with Crippen LogP contribution in [0.2, 0.25) is 0 Å². The maximum Gasteiger partial charge on any atom is 0.270 e. The number of pyridine rings is 1. The second kappa shape index (κ2) is 4.25. The number of ketones is 1. The van der Waals surface area contributed by atoms with Crippen LogP contribution in [-0.2, 0) is 6.42 Å². The van der Waals surface area contributed by atoms with E-state index in [0.29, 0.717) is 40.7 Å². The van der Waals surface area contributed by atoms with Gasteiger partial charge in [0, 0.05) is 23.9 Å². The molecule has 2 N–H and O–H groups in total. The van der Waals surface area contributed by atoms with E-state index in [0.717, 1.165) is 0 Å². The second-order valence-corrected chi connectivity index (χ2v) is 6.25. The van der Waals surface area contributed by atoms with Gasteiger partial charge in [0.05, 0.1) is 27.4 Å². The van der Waals surface area contributed by atoms with Crippen molar-refractivity contribution in [1.82, 2.24) is 4.98 Å². The minimum Gasteiger partial charge on any atom is -0.398 e.